The minimum Gasteiger partial charge on any atom is -0.744 e. The first-order valence-corrected chi connectivity index (χ1v) is 4.30. The van der Waals surface area contributed by atoms with Gasteiger partial charge in [0.1, 0.15) is 16.8 Å². The van der Waals surface area contributed by atoms with Gasteiger partial charge in [-0.1, -0.05) is 0 Å². The highest BCUT2D eigenvalue weighted by Gasteiger charge is 2.15. The van der Waals surface area contributed by atoms with E-state index in [1.165, 1.54) is 0 Å². The summed E-state index contributed by atoms with van der Waals surface area (Å²) in [6, 6.07) is 0. The van der Waals surface area contributed by atoms with Crippen molar-refractivity contribution >= 4 is 10.1 Å². The van der Waals surface area contributed by atoms with E-state index >= 15 is 0 Å². The van der Waals surface area contributed by atoms with Crippen LogP contribution in [0.15, 0.2) is 0 Å². The topological polar surface area (TPSA) is 83.2 Å². The zero-order valence-corrected chi connectivity index (χ0v) is 6.89. The molecule has 0 aromatic heterocycles. The lowest BCUT2D eigenvalue weighted by Crippen LogP contribution is -2.47. The Morgan fingerprint density at radius 1 is 1.50 bits per heavy atom. The van der Waals surface area contributed by atoms with Crippen LogP contribution in [0.2, 0.25) is 0 Å². The van der Waals surface area contributed by atoms with Gasteiger partial charge >= 0.3 is 0 Å². The molecule has 0 saturated heterocycles. The van der Waals surface area contributed by atoms with Gasteiger partial charge in [0.15, 0.2) is 5.88 Å². The standard InChI is InChI=1S/C4H12N2O3S/c1-6(2,3-5)4-10(7,8)9/h3-5H2,1-2H3. The quantitative estimate of drug-likeness (QED) is 0.315. The Morgan fingerprint density at radius 3 is 2.00 bits per heavy atom. The minimum atomic E-state index is -4.15. The van der Waals surface area contributed by atoms with Gasteiger partial charge in [-0.3, -0.25) is 5.73 Å². The van der Waals surface area contributed by atoms with Gasteiger partial charge in [-0.2, -0.15) is 0 Å². The van der Waals surface area contributed by atoms with Crippen LogP contribution in [-0.4, -0.2) is 44.1 Å². The number of nitrogens with zero attached hydrogens (tertiary/aromatic N) is 1. The molecule has 62 valence electrons. The Morgan fingerprint density at radius 2 is 1.90 bits per heavy atom. The van der Waals surface area contributed by atoms with Crippen molar-refractivity contribution in [2.75, 3.05) is 26.6 Å². The first-order chi connectivity index (χ1) is 4.27. The highest BCUT2D eigenvalue weighted by atomic mass is 32.2. The number of hydrogen-bond acceptors (Lipinski definition) is 4. The molecule has 0 amide bonds. The van der Waals surface area contributed by atoms with Crippen molar-refractivity contribution in [2.24, 2.45) is 5.73 Å². The molecule has 0 spiro atoms. The van der Waals surface area contributed by atoms with E-state index in [1.54, 1.807) is 14.1 Å². The fourth-order valence-corrected chi connectivity index (χ4v) is 1.44. The molecule has 2 N–H and O–H groups in total. The van der Waals surface area contributed by atoms with Gasteiger partial charge in [-0.25, -0.2) is 8.42 Å². The van der Waals surface area contributed by atoms with E-state index in [0.29, 0.717) is 0 Å². The maximum atomic E-state index is 10.2. The number of rotatable bonds is 3. The molecule has 0 aliphatic heterocycles. The van der Waals surface area contributed by atoms with Crippen LogP contribution >= 0.6 is 0 Å². The van der Waals surface area contributed by atoms with Crippen LogP contribution in [0.4, 0.5) is 0 Å². The van der Waals surface area contributed by atoms with Crippen molar-refractivity contribution in [2.45, 2.75) is 0 Å². The minimum absolute atomic E-state index is 0.00579. The molecule has 0 saturated carbocycles. The van der Waals surface area contributed by atoms with Gasteiger partial charge in [-0.15, -0.1) is 0 Å². The highest BCUT2D eigenvalue weighted by molar-refractivity contribution is 7.85. The summed E-state index contributed by atoms with van der Waals surface area (Å²) >= 11 is 0. The number of hydrogen-bond donors (Lipinski definition) is 1. The van der Waals surface area contributed by atoms with Crippen LogP contribution in [0.25, 0.3) is 0 Å². The normalized spacial score (nSPS) is 13.6. The van der Waals surface area contributed by atoms with Crippen LogP contribution in [0.3, 0.4) is 0 Å². The molecular formula is C4H12N2O3S. The van der Waals surface area contributed by atoms with E-state index in [1.807, 2.05) is 0 Å². The van der Waals surface area contributed by atoms with E-state index in [-0.39, 0.29) is 11.2 Å². The maximum Gasteiger partial charge on any atom is 0.169 e. The van der Waals surface area contributed by atoms with Gasteiger partial charge < -0.3 is 9.04 Å². The maximum absolute atomic E-state index is 10.2. The Bertz CT molecular complexity index is 197. The summed E-state index contributed by atoms with van der Waals surface area (Å²) in [7, 11) is -0.994. The third kappa shape index (κ3) is 4.68. The first-order valence-electron chi connectivity index (χ1n) is 2.72. The molecule has 0 unspecified atom stereocenters. The van der Waals surface area contributed by atoms with E-state index in [9.17, 15) is 13.0 Å². The summed E-state index contributed by atoms with van der Waals surface area (Å²) in [5.41, 5.74) is 5.18. The zero-order valence-electron chi connectivity index (χ0n) is 6.07. The van der Waals surface area contributed by atoms with Crippen molar-refractivity contribution in [3.8, 4) is 0 Å². The van der Waals surface area contributed by atoms with Crippen molar-refractivity contribution < 1.29 is 17.5 Å². The Balaban J connectivity index is 4.16. The van der Waals surface area contributed by atoms with Crippen molar-refractivity contribution in [3.05, 3.63) is 0 Å². The second kappa shape index (κ2) is 2.83. The second-order valence-corrected chi connectivity index (χ2v) is 4.18. The van der Waals surface area contributed by atoms with Gasteiger partial charge in [0.25, 0.3) is 0 Å². The summed E-state index contributed by atoms with van der Waals surface area (Å²) in [5.74, 6) is -0.455. The van der Waals surface area contributed by atoms with E-state index in [2.05, 4.69) is 0 Å². The Labute approximate surface area is 60.8 Å². The fourth-order valence-electron chi connectivity index (χ4n) is 0.481. The lowest BCUT2D eigenvalue weighted by Gasteiger charge is -2.28. The van der Waals surface area contributed by atoms with Gasteiger partial charge in [-0.05, 0) is 0 Å². The first kappa shape index (κ1) is 9.83. The molecule has 0 aromatic carbocycles. The van der Waals surface area contributed by atoms with Crippen LogP contribution in [0.5, 0.6) is 0 Å². The molecule has 0 atom stereocenters. The summed E-state index contributed by atoms with van der Waals surface area (Å²) in [6.45, 7) is 0.140. The lowest BCUT2D eigenvalue weighted by molar-refractivity contribution is -0.878. The van der Waals surface area contributed by atoms with Crippen LogP contribution < -0.4 is 5.73 Å². The van der Waals surface area contributed by atoms with Crippen molar-refractivity contribution in [3.63, 3.8) is 0 Å². The number of quaternary nitrogens is 1. The lowest BCUT2D eigenvalue weighted by atomic mass is 10.7. The molecule has 0 fully saturated rings. The largest absolute Gasteiger partial charge is 0.744 e. The molecule has 5 nitrogen and oxygen atoms in total. The van der Waals surface area contributed by atoms with E-state index in [0.717, 1.165) is 0 Å². The molecule has 0 aliphatic rings. The summed E-state index contributed by atoms with van der Waals surface area (Å²) in [6.07, 6.45) is 0. The fraction of sp³-hybridized carbons (Fsp3) is 1.00. The summed E-state index contributed by atoms with van der Waals surface area (Å²) in [4.78, 5) is 0. The predicted octanol–water partition coefficient (Wildman–Crippen LogP) is -1.52. The van der Waals surface area contributed by atoms with Gasteiger partial charge in [0, 0.05) is 0 Å². The van der Waals surface area contributed by atoms with Crippen LogP contribution in [0, 0.1) is 0 Å². The zero-order chi connectivity index (χ0) is 8.41. The summed E-state index contributed by atoms with van der Waals surface area (Å²) in [5, 5.41) is 0. The van der Waals surface area contributed by atoms with Gasteiger partial charge in [0.05, 0.1) is 14.1 Å². The molecule has 10 heavy (non-hydrogen) atoms. The summed E-state index contributed by atoms with van der Waals surface area (Å²) < 4.78 is 30.5. The van der Waals surface area contributed by atoms with Crippen molar-refractivity contribution in [1.29, 1.82) is 0 Å². The third-order valence-electron chi connectivity index (χ3n) is 1.00. The Hall–Kier alpha value is -0.170. The molecule has 0 rings (SSSR count). The molecule has 6 heteroatoms. The average molecular weight is 168 g/mol. The Kier molecular flexibility index (Phi) is 2.78. The molecule has 0 bridgehead atoms. The van der Waals surface area contributed by atoms with E-state index in [4.69, 9.17) is 5.73 Å². The highest BCUT2D eigenvalue weighted by Crippen LogP contribution is 1.96. The predicted molar refractivity (Wildman–Crippen MR) is 35.7 cm³/mol. The molecule has 0 heterocycles. The molecule has 0 aliphatic carbocycles. The monoisotopic (exact) mass is 168 g/mol. The second-order valence-electron chi connectivity index (χ2n) is 2.81. The van der Waals surface area contributed by atoms with Crippen molar-refractivity contribution in [1.82, 2.24) is 0 Å². The van der Waals surface area contributed by atoms with Crippen LogP contribution in [0.1, 0.15) is 0 Å². The van der Waals surface area contributed by atoms with E-state index < -0.39 is 16.0 Å². The molecule has 0 radical (unpaired) electrons. The SMILES string of the molecule is C[N+](C)(CN)CS(=O)(=O)[O-]. The average Bonchev–Trinajstić information content (AvgIpc) is 1.60. The third-order valence-corrected chi connectivity index (χ3v) is 2.02. The van der Waals surface area contributed by atoms with Gasteiger partial charge in [0.2, 0.25) is 0 Å². The number of nitrogens with two attached hydrogens (primary N) is 1. The molecule has 0 aromatic rings. The smallest absolute Gasteiger partial charge is 0.169 e. The molecular weight excluding hydrogens is 156 g/mol. The van der Waals surface area contributed by atoms with Crippen LogP contribution in [-0.2, 0) is 10.1 Å².